The average molecular weight is 373 g/mol. The Kier molecular flexibility index (Phi) is 5.18. The van der Waals surface area contributed by atoms with Crippen LogP contribution in [0.1, 0.15) is 17.3 Å². The number of hydrogen-bond acceptors (Lipinski definition) is 5. The summed E-state index contributed by atoms with van der Waals surface area (Å²) in [6, 6.07) is 1.76. The number of esters is 1. The van der Waals surface area contributed by atoms with E-state index in [1.54, 1.807) is 12.3 Å². The lowest BCUT2D eigenvalue weighted by Crippen LogP contribution is -2.24. The zero-order valence-electron chi connectivity index (χ0n) is 12.2. The lowest BCUT2D eigenvalue weighted by molar-refractivity contribution is 0.0479. The van der Waals surface area contributed by atoms with Crippen molar-refractivity contribution >= 4 is 43.5 Å². The Morgan fingerprint density at radius 2 is 2.19 bits per heavy atom. The second-order valence-electron chi connectivity index (χ2n) is 4.87. The average Bonchev–Trinajstić information content (AvgIpc) is 2.81. The summed E-state index contributed by atoms with van der Waals surface area (Å²) in [6.07, 6.45) is 1.59. The molecule has 0 N–H and O–H groups in total. The highest BCUT2D eigenvalue weighted by atomic mass is 79.9. The number of fused-ring (bicyclic) bond motifs is 1. The van der Waals surface area contributed by atoms with E-state index in [2.05, 4.69) is 15.9 Å². The Morgan fingerprint density at radius 1 is 1.48 bits per heavy atom. The molecule has 0 aliphatic carbocycles. The van der Waals surface area contributed by atoms with Crippen LogP contribution in [0, 0.1) is 0 Å². The standard InChI is InChI=1S/C14H17BrN2O3S/c1-4-17-8-10(14(19)20-6-5-16(2)3)12(18)9-7-11(15)21-13(9)17/h7-8H,4-6H2,1-3H3. The fourth-order valence-electron chi connectivity index (χ4n) is 1.93. The molecule has 0 saturated carbocycles. The Labute approximate surface area is 135 Å². The molecule has 2 rings (SSSR count). The van der Waals surface area contributed by atoms with Gasteiger partial charge >= 0.3 is 5.97 Å². The van der Waals surface area contributed by atoms with Crippen LogP contribution in [-0.4, -0.2) is 42.7 Å². The van der Waals surface area contributed by atoms with Crippen molar-refractivity contribution in [3.63, 3.8) is 0 Å². The van der Waals surface area contributed by atoms with Crippen LogP contribution in [-0.2, 0) is 11.3 Å². The smallest absolute Gasteiger partial charge is 0.343 e. The minimum atomic E-state index is -0.562. The molecule has 0 saturated heterocycles. The van der Waals surface area contributed by atoms with Gasteiger partial charge in [-0.2, -0.15) is 0 Å². The van der Waals surface area contributed by atoms with Gasteiger partial charge in [-0.05, 0) is 43.0 Å². The van der Waals surface area contributed by atoms with Crippen molar-refractivity contribution in [1.29, 1.82) is 0 Å². The van der Waals surface area contributed by atoms with E-state index in [9.17, 15) is 9.59 Å². The number of thiophene rings is 1. The molecule has 0 fully saturated rings. The monoisotopic (exact) mass is 372 g/mol. The summed E-state index contributed by atoms with van der Waals surface area (Å²) in [4.78, 5) is 27.3. The predicted octanol–water partition coefficient (Wildman–Crippen LogP) is 2.56. The molecule has 2 aromatic rings. The number of rotatable bonds is 5. The van der Waals surface area contributed by atoms with Gasteiger partial charge in [0, 0.05) is 19.3 Å². The summed E-state index contributed by atoms with van der Waals surface area (Å²) in [7, 11) is 3.79. The van der Waals surface area contributed by atoms with Crippen molar-refractivity contribution in [2.75, 3.05) is 27.2 Å². The molecule has 0 amide bonds. The highest BCUT2D eigenvalue weighted by molar-refractivity contribution is 9.11. The van der Waals surface area contributed by atoms with Gasteiger partial charge in [0.2, 0.25) is 5.43 Å². The summed E-state index contributed by atoms with van der Waals surface area (Å²) in [6.45, 7) is 3.54. The topological polar surface area (TPSA) is 51.5 Å². The first kappa shape index (κ1) is 16.2. The van der Waals surface area contributed by atoms with Crippen LogP contribution < -0.4 is 5.43 Å². The summed E-state index contributed by atoms with van der Waals surface area (Å²) in [5.41, 5.74) is -0.181. The van der Waals surface area contributed by atoms with Crippen LogP contribution in [0.15, 0.2) is 20.8 Å². The van der Waals surface area contributed by atoms with E-state index in [0.717, 1.165) is 8.62 Å². The molecule has 5 nitrogen and oxygen atoms in total. The third-order valence-corrected chi connectivity index (χ3v) is 4.72. The van der Waals surface area contributed by atoms with E-state index in [1.165, 1.54) is 11.3 Å². The number of carbonyl (C=O) groups excluding carboxylic acids is 1. The maximum absolute atomic E-state index is 12.4. The van der Waals surface area contributed by atoms with Gasteiger partial charge in [-0.3, -0.25) is 4.79 Å². The van der Waals surface area contributed by atoms with Crippen LogP contribution in [0.3, 0.4) is 0 Å². The maximum Gasteiger partial charge on any atom is 0.343 e. The molecule has 0 atom stereocenters. The zero-order valence-corrected chi connectivity index (χ0v) is 14.6. The van der Waals surface area contributed by atoms with Gasteiger partial charge in [-0.25, -0.2) is 4.79 Å². The van der Waals surface area contributed by atoms with E-state index in [-0.39, 0.29) is 17.6 Å². The Morgan fingerprint density at radius 3 is 2.81 bits per heavy atom. The lowest BCUT2D eigenvalue weighted by Gasteiger charge is -2.11. The van der Waals surface area contributed by atoms with E-state index >= 15 is 0 Å². The molecular formula is C14H17BrN2O3S. The van der Waals surface area contributed by atoms with Gasteiger partial charge in [-0.15, -0.1) is 11.3 Å². The van der Waals surface area contributed by atoms with E-state index < -0.39 is 5.97 Å². The fourth-order valence-corrected chi connectivity index (χ4v) is 3.54. The highest BCUT2D eigenvalue weighted by Crippen LogP contribution is 2.28. The largest absolute Gasteiger partial charge is 0.461 e. The minimum absolute atomic E-state index is 0.0911. The summed E-state index contributed by atoms with van der Waals surface area (Å²) < 4.78 is 7.94. The van der Waals surface area contributed by atoms with E-state index in [1.807, 2.05) is 30.5 Å². The number of hydrogen-bond donors (Lipinski definition) is 0. The molecule has 0 bridgehead atoms. The van der Waals surface area contributed by atoms with Gasteiger partial charge in [0.05, 0.1) is 9.17 Å². The van der Waals surface area contributed by atoms with Crippen LogP contribution in [0.4, 0.5) is 0 Å². The second kappa shape index (κ2) is 6.72. The van der Waals surface area contributed by atoms with Gasteiger partial charge in [0.25, 0.3) is 0 Å². The second-order valence-corrected chi connectivity index (χ2v) is 7.28. The number of ether oxygens (including phenoxy) is 1. The number of halogens is 1. The van der Waals surface area contributed by atoms with Crippen molar-refractivity contribution in [2.24, 2.45) is 0 Å². The minimum Gasteiger partial charge on any atom is -0.461 e. The third kappa shape index (κ3) is 3.53. The number of aromatic nitrogens is 1. The summed E-state index contributed by atoms with van der Waals surface area (Å²) in [5.74, 6) is -0.562. The van der Waals surface area contributed by atoms with Crippen LogP contribution in [0.5, 0.6) is 0 Å². The van der Waals surface area contributed by atoms with Crippen molar-refractivity contribution in [3.05, 3.63) is 31.8 Å². The van der Waals surface area contributed by atoms with Crippen molar-refractivity contribution in [1.82, 2.24) is 9.47 Å². The molecule has 0 unspecified atom stereocenters. The number of carbonyl (C=O) groups is 1. The fraction of sp³-hybridized carbons (Fsp3) is 0.429. The Hall–Kier alpha value is -1.18. The molecule has 2 aromatic heterocycles. The zero-order chi connectivity index (χ0) is 15.6. The third-order valence-electron chi connectivity index (χ3n) is 3.05. The quantitative estimate of drug-likeness (QED) is 0.756. The number of pyridine rings is 1. The molecule has 114 valence electrons. The van der Waals surface area contributed by atoms with Crippen LogP contribution in [0.2, 0.25) is 0 Å². The van der Waals surface area contributed by atoms with Gasteiger partial charge in [-0.1, -0.05) is 0 Å². The van der Waals surface area contributed by atoms with Crippen LogP contribution >= 0.6 is 27.3 Å². The summed E-state index contributed by atoms with van der Waals surface area (Å²) >= 11 is 4.87. The van der Waals surface area contributed by atoms with Crippen molar-refractivity contribution in [2.45, 2.75) is 13.5 Å². The van der Waals surface area contributed by atoms with Crippen molar-refractivity contribution in [3.8, 4) is 0 Å². The first-order valence-corrected chi connectivity index (χ1v) is 8.19. The summed E-state index contributed by atoms with van der Waals surface area (Å²) in [5, 5.41) is 0.552. The molecule has 21 heavy (non-hydrogen) atoms. The molecule has 0 aromatic carbocycles. The van der Waals surface area contributed by atoms with Crippen molar-refractivity contribution < 1.29 is 9.53 Å². The normalized spacial score (nSPS) is 11.3. The van der Waals surface area contributed by atoms with Crippen LogP contribution in [0.25, 0.3) is 10.2 Å². The van der Waals surface area contributed by atoms with E-state index in [4.69, 9.17) is 4.74 Å². The maximum atomic E-state index is 12.4. The van der Waals surface area contributed by atoms with Gasteiger partial charge in [0.1, 0.15) is 17.0 Å². The molecule has 7 heteroatoms. The molecule has 0 radical (unpaired) electrons. The van der Waals surface area contributed by atoms with E-state index in [0.29, 0.717) is 18.5 Å². The lowest BCUT2D eigenvalue weighted by atomic mass is 10.2. The molecule has 0 spiro atoms. The molecular weight excluding hydrogens is 356 g/mol. The Bertz CT molecular complexity index is 721. The van der Waals surface area contributed by atoms with Gasteiger partial charge < -0.3 is 14.2 Å². The predicted molar refractivity (Wildman–Crippen MR) is 88.3 cm³/mol. The van der Waals surface area contributed by atoms with Gasteiger partial charge in [0.15, 0.2) is 0 Å². The molecule has 0 aliphatic heterocycles. The number of nitrogens with zero attached hydrogens (tertiary/aromatic N) is 2. The molecule has 0 aliphatic rings. The Balaban J connectivity index is 2.37. The number of likely N-dealkylation sites (N-methyl/N-ethyl adjacent to an activating group) is 1. The SMILES string of the molecule is CCn1cc(C(=O)OCCN(C)C)c(=O)c2cc(Br)sc21. The first-order chi connectivity index (χ1) is 9.93. The highest BCUT2D eigenvalue weighted by Gasteiger charge is 2.18. The molecule has 2 heterocycles. The first-order valence-electron chi connectivity index (χ1n) is 6.58. The number of aryl methyl sites for hydroxylation is 1.